The van der Waals surface area contributed by atoms with E-state index in [1.54, 1.807) is 12.1 Å². The molecule has 1 fully saturated rings. The SMILES string of the molecule is COc1cccc(C2=NN(C(=O)CN3CCOCC3)[C@H](c3ccccc3C)C2)c1. The quantitative estimate of drug-likeness (QED) is 0.784. The summed E-state index contributed by atoms with van der Waals surface area (Å²) in [6, 6.07) is 16.0. The van der Waals surface area contributed by atoms with Crippen LogP contribution < -0.4 is 4.74 Å². The van der Waals surface area contributed by atoms with E-state index >= 15 is 0 Å². The first kappa shape index (κ1) is 19.6. The molecule has 152 valence electrons. The van der Waals surface area contributed by atoms with Gasteiger partial charge >= 0.3 is 0 Å². The van der Waals surface area contributed by atoms with Crippen LogP contribution in [0.5, 0.6) is 5.75 Å². The summed E-state index contributed by atoms with van der Waals surface area (Å²) in [5.74, 6) is 0.814. The molecule has 0 aliphatic carbocycles. The van der Waals surface area contributed by atoms with Crippen LogP contribution in [0.1, 0.15) is 29.2 Å². The van der Waals surface area contributed by atoms with Gasteiger partial charge in [-0.2, -0.15) is 5.10 Å². The second-order valence-corrected chi connectivity index (χ2v) is 7.48. The molecule has 0 saturated carbocycles. The fraction of sp³-hybridized carbons (Fsp3) is 0.391. The van der Waals surface area contributed by atoms with Gasteiger partial charge in [-0.1, -0.05) is 36.4 Å². The third kappa shape index (κ3) is 4.33. The van der Waals surface area contributed by atoms with Crippen LogP contribution in [0.25, 0.3) is 0 Å². The van der Waals surface area contributed by atoms with Gasteiger partial charge in [0.25, 0.3) is 5.91 Å². The summed E-state index contributed by atoms with van der Waals surface area (Å²) >= 11 is 0. The van der Waals surface area contributed by atoms with Crippen molar-refractivity contribution in [2.75, 3.05) is 40.0 Å². The topological polar surface area (TPSA) is 54.4 Å². The molecule has 2 aromatic carbocycles. The number of carbonyl (C=O) groups is 1. The van der Waals surface area contributed by atoms with Crippen molar-refractivity contribution in [2.45, 2.75) is 19.4 Å². The second kappa shape index (κ2) is 8.76. The summed E-state index contributed by atoms with van der Waals surface area (Å²) in [5.41, 5.74) is 4.21. The lowest BCUT2D eigenvalue weighted by Crippen LogP contribution is -2.43. The molecule has 0 bridgehead atoms. The lowest BCUT2D eigenvalue weighted by molar-refractivity contribution is -0.135. The predicted octanol–water partition coefficient (Wildman–Crippen LogP) is 3.01. The van der Waals surface area contributed by atoms with Crippen LogP contribution in [0.2, 0.25) is 0 Å². The number of amides is 1. The van der Waals surface area contributed by atoms with Crippen molar-refractivity contribution < 1.29 is 14.3 Å². The second-order valence-electron chi connectivity index (χ2n) is 7.48. The number of carbonyl (C=O) groups excluding carboxylic acids is 1. The lowest BCUT2D eigenvalue weighted by atomic mass is 9.95. The van der Waals surface area contributed by atoms with Crippen molar-refractivity contribution in [3.8, 4) is 5.75 Å². The molecule has 6 nitrogen and oxygen atoms in total. The maximum Gasteiger partial charge on any atom is 0.257 e. The van der Waals surface area contributed by atoms with Gasteiger partial charge in [0.2, 0.25) is 0 Å². The Balaban J connectivity index is 1.63. The molecule has 0 aromatic heterocycles. The molecular weight excluding hydrogens is 366 g/mol. The van der Waals surface area contributed by atoms with Gasteiger partial charge in [0, 0.05) is 25.1 Å². The number of aryl methyl sites for hydroxylation is 1. The van der Waals surface area contributed by atoms with Crippen LogP contribution in [0, 0.1) is 6.92 Å². The Morgan fingerprint density at radius 3 is 2.72 bits per heavy atom. The van der Waals surface area contributed by atoms with E-state index < -0.39 is 0 Å². The van der Waals surface area contributed by atoms with Gasteiger partial charge in [0.15, 0.2) is 0 Å². The molecule has 2 aliphatic rings. The fourth-order valence-corrected chi connectivity index (χ4v) is 3.94. The Labute approximate surface area is 171 Å². The zero-order chi connectivity index (χ0) is 20.2. The fourth-order valence-electron chi connectivity index (χ4n) is 3.94. The molecule has 0 N–H and O–H groups in total. The van der Waals surface area contributed by atoms with E-state index in [9.17, 15) is 4.79 Å². The normalized spacial score (nSPS) is 19.9. The Hall–Kier alpha value is -2.70. The number of morpholine rings is 1. The van der Waals surface area contributed by atoms with E-state index in [0.717, 1.165) is 35.7 Å². The van der Waals surface area contributed by atoms with Crippen molar-refractivity contribution in [3.05, 3.63) is 65.2 Å². The zero-order valence-electron chi connectivity index (χ0n) is 17.0. The number of ether oxygens (including phenoxy) is 2. The highest BCUT2D eigenvalue weighted by atomic mass is 16.5. The van der Waals surface area contributed by atoms with E-state index in [1.807, 2.05) is 36.4 Å². The van der Waals surface area contributed by atoms with Gasteiger partial charge in [-0.3, -0.25) is 9.69 Å². The molecule has 0 spiro atoms. The number of methoxy groups -OCH3 is 1. The van der Waals surface area contributed by atoms with Gasteiger partial charge in [-0.05, 0) is 30.2 Å². The molecule has 0 unspecified atom stereocenters. The number of hydrazone groups is 1. The van der Waals surface area contributed by atoms with Crippen LogP contribution in [0.15, 0.2) is 53.6 Å². The molecule has 6 heteroatoms. The average molecular weight is 393 g/mol. The highest BCUT2D eigenvalue weighted by molar-refractivity contribution is 6.03. The third-order valence-corrected chi connectivity index (χ3v) is 5.58. The summed E-state index contributed by atoms with van der Waals surface area (Å²) < 4.78 is 10.8. The van der Waals surface area contributed by atoms with Crippen molar-refractivity contribution >= 4 is 11.6 Å². The minimum absolute atomic E-state index is 0.0260. The summed E-state index contributed by atoms with van der Waals surface area (Å²) in [5, 5.41) is 6.47. The lowest BCUT2D eigenvalue weighted by Gasteiger charge is -2.29. The molecule has 1 amide bonds. The minimum atomic E-state index is -0.0917. The number of nitrogens with zero attached hydrogens (tertiary/aromatic N) is 3. The van der Waals surface area contributed by atoms with Crippen molar-refractivity contribution in [3.63, 3.8) is 0 Å². The third-order valence-electron chi connectivity index (χ3n) is 5.58. The minimum Gasteiger partial charge on any atom is -0.497 e. The highest BCUT2D eigenvalue weighted by Gasteiger charge is 2.34. The largest absolute Gasteiger partial charge is 0.497 e. The molecule has 2 heterocycles. The Bertz CT molecular complexity index is 906. The maximum absolute atomic E-state index is 13.2. The van der Waals surface area contributed by atoms with Crippen LogP contribution in [-0.4, -0.2) is 61.5 Å². The van der Waals surface area contributed by atoms with Crippen LogP contribution >= 0.6 is 0 Å². The predicted molar refractivity (Wildman–Crippen MR) is 112 cm³/mol. The molecular formula is C23H27N3O3. The average Bonchev–Trinajstić information content (AvgIpc) is 3.20. The number of benzene rings is 2. The smallest absolute Gasteiger partial charge is 0.257 e. The highest BCUT2D eigenvalue weighted by Crippen LogP contribution is 2.35. The van der Waals surface area contributed by atoms with Crippen molar-refractivity contribution in [1.82, 2.24) is 9.91 Å². The zero-order valence-corrected chi connectivity index (χ0v) is 17.0. The molecule has 2 aliphatic heterocycles. The Morgan fingerprint density at radius 2 is 1.97 bits per heavy atom. The van der Waals surface area contributed by atoms with Gasteiger partial charge in [0.05, 0.1) is 38.6 Å². The molecule has 0 radical (unpaired) electrons. The van der Waals surface area contributed by atoms with Crippen molar-refractivity contribution in [2.24, 2.45) is 5.10 Å². The van der Waals surface area contributed by atoms with Gasteiger partial charge in [-0.15, -0.1) is 0 Å². The summed E-state index contributed by atoms with van der Waals surface area (Å²) in [4.78, 5) is 15.4. The molecule has 4 rings (SSSR count). The summed E-state index contributed by atoms with van der Waals surface area (Å²) in [6.07, 6.45) is 0.687. The first-order valence-electron chi connectivity index (χ1n) is 10.1. The standard InChI is InChI=1S/C23H27N3O3/c1-17-6-3-4-9-20(17)22-15-21(18-7-5-8-19(14-18)28-2)24-26(22)23(27)16-25-10-12-29-13-11-25/h3-9,14,22H,10-13,15-16H2,1-2H3/t22-/m0/s1. The number of rotatable bonds is 5. The van der Waals surface area contributed by atoms with E-state index in [2.05, 4.69) is 24.0 Å². The number of hydrogen-bond acceptors (Lipinski definition) is 5. The number of hydrogen-bond donors (Lipinski definition) is 0. The Morgan fingerprint density at radius 1 is 1.17 bits per heavy atom. The molecule has 1 atom stereocenters. The van der Waals surface area contributed by atoms with Crippen LogP contribution in [-0.2, 0) is 9.53 Å². The monoisotopic (exact) mass is 393 g/mol. The van der Waals surface area contributed by atoms with E-state index in [4.69, 9.17) is 14.6 Å². The summed E-state index contributed by atoms with van der Waals surface area (Å²) in [7, 11) is 1.66. The van der Waals surface area contributed by atoms with Crippen LogP contribution in [0.4, 0.5) is 0 Å². The van der Waals surface area contributed by atoms with Crippen LogP contribution in [0.3, 0.4) is 0 Å². The van der Waals surface area contributed by atoms with Gasteiger partial charge in [0.1, 0.15) is 5.75 Å². The molecule has 1 saturated heterocycles. The van der Waals surface area contributed by atoms with E-state index in [1.165, 1.54) is 5.56 Å². The summed E-state index contributed by atoms with van der Waals surface area (Å²) in [6.45, 7) is 5.35. The first-order valence-corrected chi connectivity index (χ1v) is 10.1. The molecule has 29 heavy (non-hydrogen) atoms. The first-order chi connectivity index (χ1) is 14.2. The van der Waals surface area contributed by atoms with E-state index in [0.29, 0.717) is 26.2 Å². The molecule has 2 aromatic rings. The maximum atomic E-state index is 13.2. The van der Waals surface area contributed by atoms with Crippen molar-refractivity contribution in [1.29, 1.82) is 0 Å². The van der Waals surface area contributed by atoms with E-state index in [-0.39, 0.29) is 11.9 Å². The van der Waals surface area contributed by atoms with Gasteiger partial charge in [-0.25, -0.2) is 5.01 Å². The Kier molecular flexibility index (Phi) is 5.92. The van der Waals surface area contributed by atoms with Gasteiger partial charge < -0.3 is 9.47 Å².